The maximum absolute atomic E-state index is 13.9. The van der Waals surface area contributed by atoms with Crippen LogP contribution in [-0.2, 0) is 16.0 Å². The van der Waals surface area contributed by atoms with Crippen molar-refractivity contribution in [2.45, 2.75) is 38.1 Å². The Morgan fingerprint density at radius 1 is 1.03 bits per heavy atom. The van der Waals surface area contributed by atoms with E-state index in [2.05, 4.69) is 36.5 Å². The number of ketones is 1. The van der Waals surface area contributed by atoms with Crippen molar-refractivity contribution in [1.29, 1.82) is 0 Å². The number of furan rings is 1. The van der Waals surface area contributed by atoms with Gasteiger partial charge in [-0.15, -0.1) is 11.3 Å². The van der Waals surface area contributed by atoms with Crippen molar-refractivity contribution in [2.75, 3.05) is 10.2 Å². The van der Waals surface area contributed by atoms with Gasteiger partial charge < -0.3 is 9.73 Å². The van der Waals surface area contributed by atoms with Crippen molar-refractivity contribution in [3.8, 4) is 0 Å². The van der Waals surface area contributed by atoms with Crippen LogP contribution in [0.5, 0.6) is 0 Å². The predicted octanol–water partition coefficient (Wildman–Crippen LogP) is 6.79. The van der Waals surface area contributed by atoms with Crippen molar-refractivity contribution in [3.63, 3.8) is 0 Å². The van der Waals surface area contributed by atoms with Crippen molar-refractivity contribution >= 4 is 34.4 Å². The molecule has 6 rings (SSSR count). The Bertz CT molecular complexity index is 1440. The van der Waals surface area contributed by atoms with E-state index in [1.165, 1.54) is 5.56 Å². The number of anilines is 2. The lowest BCUT2D eigenvalue weighted by molar-refractivity contribution is -0.118. The van der Waals surface area contributed by atoms with Gasteiger partial charge in [-0.1, -0.05) is 48.0 Å². The summed E-state index contributed by atoms with van der Waals surface area (Å²) in [6.07, 6.45) is 2.93. The van der Waals surface area contributed by atoms with Crippen LogP contribution in [0.1, 0.15) is 46.6 Å². The molecule has 1 aliphatic carbocycles. The molecule has 6 heteroatoms. The molecule has 0 saturated heterocycles. The summed E-state index contributed by atoms with van der Waals surface area (Å²) in [6.45, 7) is 2.07. The molecule has 1 aliphatic heterocycles. The minimum absolute atomic E-state index is 0.0393. The number of benzene rings is 2. The Morgan fingerprint density at radius 3 is 2.61 bits per heavy atom. The van der Waals surface area contributed by atoms with E-state index in [-0.39, 0.29) is 24.0 Å². The van der Waals surface area contributed by atoms with Crippen LogP contribution in [0, 0.1) is 6.92 Å². The van der Waals surface area contributed by atoms with E-state index in [9.17, 15) is 9.59 Å². The molecule has 4 aromatic rings. The summed E-state index contributed by atoms with van der Waals surface area (Å²) in [5.74, 6) is 0.623. The number of para-hydroxylation sites is 2. The van der Waals surface area contributed by atoms with Gasteiger partial charge in [0.25, 0.3) is 0 Å². The predicted molar refractivity (Wildman–Crippen MR) is 142 cm³/mol. The lowest BCUT2D eigenvalue weighted by Gasteiger charge is -2.33. The number of thiophene rings is 1. The number of Topliss-reactive ketones (excluding diaryl/α,β-unsaturated/α-hetero) is 1. The maximum atomic E-state index is 13.9. The van der Waals surface area contributed by atoms with Gasteiger partial charge in [-0.25, -0.2) is 0 Å². The molecule has 180 valence electrons. The Balaban J connectivity index is 1.49. The number of fused-ring (bicyclic) bond motifs is 1. The Kier molecular flexibility index (Phi) is 5.82. The summed E-state index contributed by atoms with van der Waals surface area (Å²) >= 11 is 1.56. The van der Waals surface area contributed by atoms with Crippen molar-refractivity contribution in [1.82, 2.24) is 0 Å². The van der Waals surface area contributed by atoms with Crippen LogP contribution < -0.4 is 10.2 Å². The molecule has 2 aromatic carbocycles. The number of hydrogen-bond donors (Lipinski definition) is 1. The molecule has 0 radical (unpaired) electrons. The molecule has 36 heavy (non-hydrogen) atoms. The molecule has 1 N–H and O–H groups in total. The van der Waals surface area contributed by atoms with Gasteiger partial charge >= 0.3 is 0 Å². The van der Waals surface area contributed by atoms with Crippen molar-refractivity contribution in [3.05, 3.63) is 117 Å². The van der Waals surface area contributed by atoms with E-state index >= 15 is 0 Å². The van der Waals surface area contributed by atoms with Crippen LogP contribution in [0.15, 0.2) is 100 Å². The zero-order valence-corrected chi connectivity index (χ0v) is 20.8. The first kappa shape index (κ1) is 22.6. The summed E-state index contributed by atoms with van der Waals surface area (Å²) < 4.78 is 5.88. The smallest absolute Gasteiger partial charge is 0.233 e. The molecule has 0 fully saturated rings. The average Bonchev–Trinajstić information content (AvgIpc) is 3.56. The summed E-state index contributed by atoms with van der Waals surface area (Å²) in [4.78, 5) is 30.6. The summed E-state index contributed by atoms with van der Waals surface area (Å²) in [5.41, 5.74) is 5.38. The van der Waals surface area contributed by atoms with Gasteiger partial charge in [0, 0.05) is 22.6 Å². The van der Waals surface area contributed by atoms with Crippen LogP contribution in [0.25, 0.3) is 0 Å². The first-order chi connectivity index (χ1) is 17.6. The fourth-order valence-electron chi connectivity index (χ4n) is 5.30. The number of carbonyl (C=O) groups is 2. The lowest BCUT2D eigenvalue weighted by atomic mass is 9.79. The number of allylic oxidation sites excluding steroid dienone is 1. The zero-order chi connectivity index (χ0) is 24.6. The second-order valence-electron chi connectivity index (χ2n) is 9.41. The van der Waals surface area contributed by atoms with E-state index in [1.807, 2.05) is 53.9 Å². The number of amides is 1. The van der Waals surface area contributed by atoms with Gasteiger partial charge in [-0.05, 0) is 60.5 Å². The van der Waals surface area contributed by atoms with E-state index in [4.69, 9.17) is 4.42 Å². The molecule has 0 saturated carbocycles. The molecule has 0 spiro atoms. The summed E-state index contributed by atoms with van der Waals surface area (Å²) in [7, 11) is 0. The summed E-state index contributed by atoms with van der Waals surface area (Å²) in [5, 5.41) is 5.54. The minimum Gasteiger partial charge on any atom is -0.467 e. The molecular formula is C30H26N2O3S. The van der Waals surface area contributed by atoms with Crippen LogP contribution in [0.3, 0.4) is 0 Å². The third kappa shape index (κ3) is 4.07. The number of nitrogens with zero attached hydrogens (tertiary/aromatic N) is 1. The molecule has 3 heterocycles. The molecule has 2 aromatic heterocycles. The molecule has 2 aliphatic rings. The number of nitrogens with one attached hydrogen (secondary N) is 1. The first-order valence-corrected chi connectivity index (χ1v) is 13.0. The quantitative estimate of drug-likeness (QED) is 0.339. The van der Waals surface area contributed by atoms with Gasteiger partial charge in [0.05, 0.1) is 24.1 Å². The fraction of sp³-hybridized carbons (Fsp3) is 0.200. The Labute approximate surface area is 214 Å². The van der Waals surface area contributed by atoms with E-state index in [0.29, 0.717) is 24.2 Å². The molecule has 2 atom stereocenters. The largest absolute Gasteiger partial charge is 0.467 e. The van der Waals surface area contributed by atoms with E-state index in [0.717, 1.165) is 27.5 Å². The number of aryl methyl sites for hydroxylation is 1. The number of rotatable bonds is 4. The highest BCUT2D eigenvalue weighted by Gasteiger charge is 2.42. The summed E-state index contributed by atoms with van der Waals surface area (Å²) in [6, 6.07) is 23.1. The average molecular weight is 495 g/mol. The van der Waals surface area contributed by atoms with Gasteiger partial charge in [-0.3, -0.25) is 14.5 Å². The zero-order valence-electron chi connectivity index (χ0n) is 19.9. The first-order valence-electron chi connectivity index (χ1n) is 12.1. The second-order valence-corrected chi connectivity index (χ2v) is 10.4. The third-order valence-electron chi connectivity index (χ3n) is 7.02. The molecule has 0 unspecified atom stereocenters. The normalized spacial score (nSPS) is 19.4. The van der Waals surface area contributed by atoms with Crippen LogP contribution in [0.2, 0.25) is 0 Å². The van der Waals surface area contributed by atoms with E-state index < -0.39 is 6.04 Å². The maximum Gasteiger partial charge on any atom is 0.233 e. The minimum atomic E-state index is -0.634. The topological polar surface area (TPSA) is 62.6 Å². The molecule has 5 nitrogen and oxygen atoms in total. The number of hydrogen-bond acceptors (Lipinski definition) is 5. The highest BCUT2D eigenvalue weighted by Crippen LogP contribution is 2.47. The van der Waals surface area contributed by atoms with Gasteiger partial charge in [-0.2, -0.15) is 0 Å². The standard InChI is InChI=1S/C30H26N2O3S/c1-19-10-12-20(13-11-19)21-16-24-29(26(33)17-21)30(27-9-4-14-35-27)32(25-8-3-2-7-23(25)31-24)28(34)18-22-6-5-15-36-22/h2-15,21,30-31H,16-18H2,1H3/t21-,30+/m1/s1. The van der Waals surface area contributed by atoms with Crippen molar-refractivity contribution in [2.24, 2.45) is 0 Å². The highest BCUT2D eigenvalue weighted by atomic mass is 32.1. The van der Waals surface area contributed by atoms with Crippen molar-refractivity contribution < 1.29 is 14.0 Å². The Morgan fingerprint density at radius 2 is 1.86 bits per heavy atom. The molecule has 1 amide bonds. The Hall–Kier alpha value is -3.90. The monoisotopic (exact) mass is 494 g/mol. The molecule has 0 bridgehead atoms. The van der Waals surface area contributed by atoms with Crippen LogP contribution >= 0.6 is 11.3 Å². The van der Waals surface area contributed by atoms with Gasteiger partial charge in [0.15, 0.2) is 5.78 Å². The van der Waals surface area contributed by atoms with Gasteiger partial charge in [0.2, 0.25) is 5.91 Å². The van der Waals surface area contributed by atoms with Crippen LogP contribution in [-0.4, -0.2) is 11.7 Å². The SMILES string of the molecule is Cc1ccc([C@H]2CC(=O)C3=C(C2)Nc2ccccc2N(C(=O)Cc2cccs2)[C@H]3c2ccco2)cc1. The van der Waals surface area contributed by atoms with E-state index in [1.54, 1.807) is 22.5 Å². The van der Waals surface area contributed by atoms with Gasteiger partial charge in [0.1, 0.15) is 11.8 Å². The third-order valence-corrected chi connectivity index (χ3v) is 7.90. The second kappa shape index (κ2) is 9.28. The fourth-order valence-corrected chi connectivity index (χ4v) is 6.00. The lowest BCUT2D eigenvalue weighted by Crippen LogP contribution is -2.39. The molecular weight excluding hydrogens is 468 g/mol. The highest BCUT2D eigenvalue weighted by molar-refractivity contribution is 7.10. The van der Waals surface area contributed by atoms with Crippen LogP contribution in [0.4, 0.5) is 11.4 Å². The number of carbonyl (C=O) groups excluding carboxylic acids is 2.